The van der Waals surface area contributed by atoms with Crippen molar-refractivity contribution in [3.63, 3.8) is 0 Å². The molecule has 0 amide bonds. The summed E-state index contributed by atoms with van der Waals surface area (Å²) in [5.41, 5.74) is 6.03. The number of hydrogen-bond donors (Lipinski definition) is 1. The third-order valence-corrected chi connectivity index (χ3v) is 3.22. The van der Waals surface area contributed by atoms with Gasteiger partial charge < -0.3 is 5.73 Å². The molecule has 2 N–H and O–H groups in total. The quantitative estimate of drug-likeness (QED) is 0.816. The standard InChI is InChI=1S/C12H15F2N/c1-7-5-8(7)12(15)6-9-10(13)3-2-4-11(9)14/h2-4,7-8,12H,5-6,15H2,1H3. The van der Waals surface area contributed by atoms with Gasteiger partial charge in [0.05, 0.1) is 0 Å². The van der Waals surface area contributed by atoms with Crippen molar-refractivity contribution in [2.45, 2.75) is 25.8 Å². The van der Waals surface area contributed by atoms with Crippen LogP contribution < -0.4 is 5.73 Å². The molecule has 1 saturated carbocycles. The Balaban J connectivity index is 2.10. The molecule has 82 valence electrons. The van der Waals surface area contributed by atoms with Gasteiger partial charge in [-0.15, -0.1) is 0 Å². The minimum atomic E-state index is -0.487. The Bertz CT molecular complexity index is 344. The van der Waals surface area contributed by atoms with Gasteiger partial charge in [0.1, 0.15) is 11.6 Å². The summed E-state index contributed by atoms with van der Waals surface area (Å²) in [5.74, 6) is 0.0661. The third-order valence-electron chi connectivity index (χ3n) is 3.22. The van der Waals surface area contributed by atoms with Crippen LogP contribution in [0.25, 0.3) is 0 Å². The SMILES string of the molecule is CC1CC1C(N)Cc1c(F)cccc1F. The molecule has 0 saturated heterocycles. The van der Waals surface area contributed by atoms with E-state index in [1.807, 2.05) is 0 Å². The fourth-order valence-corrected chi connectivity index (χ4v) is 2.06. The van der Waals surface area contributed by atoms with E-state index in [2.05, 4.69) is 6.92 Å². The Kier molecular flexibility index (Phi) is 2.74. The second-order valence-corrected chi connectivity index (χ2v) is 4.45. The second-order valence-electron chi connectivity index (χ2n) is 4.45. The summed E-state index contributed by atoms with van der Waals surface area (Å²) in [6.07, 6.45) is 1.38. The number of rotatable bonds is 3. The van der Waals surface area contributed by atoms with Gasteiger partial charge in [-0.1, -0.05) is 13.0 Å². The molecule has 3 unspecified atom stereocenters. The summed E-state index contributed by atoms with van der Waals surface area (Å²) in [5, 5.41) is 0. The number of hydrogen-bond acceptors (Lipinski definition) is 1. The zero-order chi connectivity index (χ0) is 11.0. The average molecular weight is 211 g/mol. The molecule has 0 aromatic heterocycles. The summed E-state index contributed by atoms with van der Waals surface area (Å²) in [4.78, 5) is 0. The zero-order valence-electron chi connectivity index (χ0n) is 8.71. The van der Waals surface area contributed by atoms with Crippen LogP contribution in [0, 0.1) is 23.5 Å². The van der Waals surface area contributed by atoms with Gasteiger partial charge in [0.2, 0.25) is 0 Å². The van der Waals surface area contributed by atoms with Gasteiger partial charge in [-0.05, 0) is 36.8 Å². The van der Waals surface area contributed by atoms with E-state index in [-0.39, 0.29) is 11.6 Å². The molecular formula is C12H15F2N. The van der Waals surface area contributed by atoms with Crippen molar-refractivity contribution in [1.82, 2.24) is 0 Å². The largest absolute Gasteiger partial charge is 0.327 e. The zero-order valence-corrected chi connectivity index (χ0v) is 8.71. The van der Waals surface area contributed by atoms with Crippen molar-refractivity contribution in [2.75, 3.05) is 0 Å². The highest BCUT2D eigenvalue weighted by Gasteiger charge is 2.37. The van der Waals surface area contributed by atoms with Crippen molar-refractivity contribution < 1.29 is 8.78 Å². The van der Waals surface area contributed by atoms with Crippen molar-refractivity contribution in [2.24, 2.45) is 17.6 Å². The van der Waals surface area contributed by atoms with Crippen molar-refractivity contribution in [3.05, 3.63) is 35.4 Å². The van der Waals surface area contributed by atoms with E-state index < -0.39 is 11.6 Å². The van der Waals surface area contributed by atoms with Gasteiger partial charge in [0.15, 0.2) is 0 Å². The van der Waals surface area contributed by atoms with Gasteiger partial charge in [-0.3, -0.25) is 0 Å². The lowest BCUT2D eigenvalue weighted by Gasteiger charge is -2.12. The first kappa shape index (κ1) is 10.6. The lowest BCUT2D eigenvalue weighted by Crippen LogP contribution is -2.27. The summed E-state index contributed by atoms with van der Waals surface area (Å²) in [6, 6.07) is 3.81. The van der Waals surface area contributed by atoms with Crippen LogP contribution in [0.2, 0.25) is 0 Å². The van der Waals surface area contributed by atoms with Crippen LogP contribution in [0.5, 0.6) is 0 Å². The van der Waals surface area contributed by atoms with Crippen LogP contribution in [0.4, 0.5) is 8.78 Å². The fraction of sp³-hybridized carbons (Fsp3) is 0.500. The summed E-state index contributed by atoms with van der Waals surface area (Å²) < 4.78 is 26.6. The van der Waals surface area contributed by atoms with Crippen molar-refractivity contribution in [1.29, 1.82) is 0 Å². The van der Waals surface area contributed by atoms with Gasteiger partial charge in [-0.2, -0.15) is 0 Å². The molecule has 1 aliphatic rings. The monoisotopic (exact) mass is 211 g/mol. The predicted molar refractivity (Wildman–Crippen MR) is 55.3 cm³/mol. The number of halogens is 2. The molecule has 15 heavy (non-hydrogen) atoms. The highest BCUT2D eigenvalue weighted by atomic mass is 19.1. The Morgan fingerprint density at radius 3 is 2.40 bits per heavy atom. The van der Waals surface area contributed by atoms with E-state index in [0.29, 0.717) is 18.3 Å². The van der Waals surface area contributed by atoms with Gasteiger partial charge in [-0.25, -0.2) is 8.78 Å². The third kappa shape index (κ3) is 2.17. The molecule has 0 heterocycles. The van der Waals surface area contributed by atoms with E-state index in [4.69, 9.17) is 5.73 Å². The molecule has 0 radical (unpaired) electrons. The van der Waals surface area contributed by atoms with Gasteiger partial charge in [0.25, 0.3) is 0 Å². The van der Waals surface area contributed by atoms with Crippen LogP contribution in [-0.2, 0) is 6.42 Å². The highest BCUT2D eigenvalue weighted by molar-refractivity contribution is 5.21. The molecular weight excluding hydrogens is 196 g/mol. The smallest absolute Gasteiger partial charge is 0.129 e. The molecule has 1 aliphatic carbocycles. The molecule has 1 fully saturated rings. The molecule has 3 atom stereocenters. The molecule has 3 heteroatoms. The lowest BCUT2D eigenvalue weighted by atomic mass is 10.0. The molecule has 0 bridgehead atoms. The summed E-state index contributed by atoms with van der Waals surface area (Å²) in [7, 11) is 0. The predicted octanol–water partition coefficient (Wildman–Crippen LogP) is 2.49. The molecule has 1 aromatic rings. The molecule has 0 aliphatic heterocycles. The van der Waals surface area contributed by atoms with E-state index in [1.54, 1.807) is 0 Å². The van der Waals surface area contributed by atoms with Crippen LogP contribution in [-0.4, -0.2) is 6.04 Å². The molecule has 1 nitrogen and oxygen atoms in total. The van der Waals surface area contributed by atoms with E-state index in [9.17, 15) is 8.78 Å². The second kappa shape index (κ2) is 3.89. The number of benzene rings is 1. The van der Waals surface area contributed by atoms with Crippen LogP contribution in [0.3, 0.4) is 0 Å². The van der Waals surface area contributed by atoms with Gasteiger partial charge in [0, 0.05) is 11.6 Å². The minimum absolute atomic E-state index is 0.119. The Morgan fingerprint density at radius 1 is 1.40 bits per heavy atom. The Hall–Kier alpha value is -0.960. The summed E-state index contributed by atoms with van der Waals surface area (Å²) in [6.45, 7) is 2.11. The van der Waals surface area contributed by atoms with Crippen molar-refractivity contribution >= 4 is 0 Å². The Morgan fingerprint density at radius 2 is 1.93 bits per heavy atom. The minimum Gasteiger partial charge on any atom is -0.327 e. The molecule has 2 rings (SSSR count). The topological polar surface area (TPSA) is 26.0 Å². The van der Waals surface area contributed by atoms with Crippen molar-refractivity contribution in [3.8, 4) is 0 Å². The van der Waals surface area contributed by atoms with E-state index in [0.717, 1.165) is 6.42 Å². The maximum Gasteiger partial charge on any atom is 0.129 e. The highest BCUT2D eigenvalue weighted by Crippen LogP contribution is 2.40. The van der Waals surface area contributed by atoms with Crippen LogP contribution in [0.1, 0.15) is 18.9 Å². The van der Waals surface area contributed by atoms with Crippen LogP contribution >= 0.6 is 0 Å². The lowest BCUT2D eigenvalue weighted by molar-refractivity contribution is 0.505. The maximum atomic E-state index is 13.3. The molecule has 1 aromatic carbocycles. The van der Waals surface area contributed by atoms with Crippen LogP contribution in [0.15, 0.2) is 18.2 Å². The average Bonchev–Trinajstić information content (AvgIpc) is 2.89. The summed E-state index contributed by atoms with van der Waals surface area (Å²) >= 11 is 0. The first-order chi connectivity index (χ1) is 7.09. The first-order valence-corrected chi connectivity index (χ1v) is 5.28. The van der Waals surface area contributed by atoms with E-state index >= 15 is 0 Å². The Labute approximate surface area is 88.3 Å². The maximum absolute atomic E-state index is 13.3. The normalized spacial score (nSPS) is 26.4. The first-order valence-electron chi connectivity index (χ1n) is 5.28. The van der Waals surface area contributed by atoms with Gasteiger partial charge >= 0.3 is 0 Å². The fourth-order valence-electron chi connectivity index (χ4n) is 2.06. The molecule has 0 spiro atoms. The number of nitrogens with two attached hydrogens (primary N) is 1. The van der Waals surface area contributed by atoms with E-state index in [1.165, 1.54) is 18.2 Å².